The first-order valence-electron chi connectivity index (χ1n) is 4.83. The normalized spacial score (nSPS) is 17.4. The smallest absolute Gasteiger partial charge is 0.416 e. The maximum atomic E-state index is 11.6. The van der Waals surface area contributed by atoms with Crippen LogP contribution in [-0.2, 0) is 14.3 Å². The van der Waals surface area contributed by atoms with Gasteiger partial charge in [-0.25, -0.2) is 9.69 Å². The molecule has 1 unspecified atom stereocenters. The molecule has 0 bridgehead atoms. The quantitative estimate of drug-likeness (QED) is 0.692. The molecular formula is C9H14N2O5. The summed E-state index contributed by atoms with van der Waals surface area (Å²) in [4.78, 5) is 35.6. The zero-order chi connectivity index (χ0) is 12.3. The van der Waals surface area contributed by atoms with Crippen molar-refractivity contribution in [2.45, 2.75) is 13.0 Å². The summed E-state index contributed by atoms with van der Waals surface area (Å²) in [7, 11) is 1.51. The fourth-order valence-electron chi connectivity index (χ4n) is 1.24. The SMILES string of the molecule is CC(C(=O)O)N(C)CC(=O)N1CCOC1=O. The van der Waals surface area contributed by atoms with E-state index in [0.717, 1.165) is 4.90 Å². The van der Waals surface area contributed by atoms with Crippen molar-refractivity contribution in [1.82, 2.24) is 9.80 Å². The summed E-state index contributed by atoms with van der Waals surface area (Å²) in [6.45, 7) is 1.77. The minimum atomic E-state index is -1.01. The van der Waals surface area contributed by atoms with E-state index in [1.165, 1.54) is 18.9 Å². The monoisotopic (exact) mass is 230 g/mol. The first-order chi connectivity index (χ1) is 7.43. The Morgan fingerprint density at radius 3 is 2.69 bits per heavy atom. The molecule has 0 aromatic rings. The summed E-state index contributed by atoms with van der Waals surface area (Å²) in [5.74, 6) is -1.46. The summed E-state index contributed by atoms with van der Waals surface area (Å²) in [6, 6.07) is -0.775. The van der Waals surface area contributed by atoms with Gasteiger partial charge in [0.2, 0.25) is 5.91 Å². The third-order valence-corrected chi connectivity index (χ3v) is 2.47. The number of cyclic esters (lactones) is 1. The highest BCUT2D eigenvalue weighted by molar-refractivity contribution is 5.94. The molecule has 0 aliphatic carbocycles. The van der Waals surface area contributed by atoms with Gasteiger partial charge >= 0.3 is 12.1 Å². The van der Waals surface area contributed by atoms with Crippen molar-refractivity contribution in [3.8, 4) is 0 Å². The third-order valence-electron chi connectivity index (χ3n) is 2.47. The van der Waals surface area contributed by atoms with Crippen LogP contribution in [-0.4, -0.2) is 65.7 Å². The Labute approximate surface area is 92.6 Å². The number of amides is 2. The predicted octanol–water partition coefficient (Wildman–Crippen LogP) is -0.630. The molecule has 1 heterocycles. The van der Waals surface area contributed by atoms with Crippen molar-refractivity contribution in [2.24, 2.45) is 0 Å². The highest BCUT2D eigenvalue weighted by Gasteiger charge is 2.30. The average Bonchev–Trinajstić information content (AvgIpc) is 2.62. The van der Waals surface area contributed by atoms with E-state index in [4.69, 9.17) is 5.11 Å². The lowest BCUT2D eigenvalue weighted by atomic mass is 10.3. The van der Waals surface area contributed by atoms with Gasteiger partial charge in [0, 0.05) is 0 Å². The first kappa shape index (κ1) is 12.4. The Morgan fingerprint density at radius 1 is 1.62 bits per heavy atom. The predicted molar refractivity (Wildman–Crippen MR) is 52.8 cm³/mol. The molecule has 90 valence electrons. The summed E-state index contributed by atoms with van der Waals surface area (Å²) >= 11 is 0. The topological polar surface area (TPSA) is 87.2 Å². The first-order valence-corrected chi connectivity index (χ1v) is 4.83. The number of rotatable bonds is 4. The van der Waals surface area contributed by atoms with Crippen LogP contribution < -0.4 is 0 Å². The van der Waals surface area contributed by atoms with Gasteiger partial charge in [0.25, 0.3) is 0 Å². The third kappa shape index (κ3) is 2.69. The van der Waals surface area contributed by atoms with Crippen molar-refractivity contribution < 1.29 is 24.2 Å². The van der Waals surface area contributed by atoms with E-state index in [0.29, 0.717) is 0 Å². The molecule has 7 heteroatoms. The van der Waals surface area contributed by atoms with E-state index >= 15 is 0 Å². The fraction of sp³-hybridized carbons (Fsp3) is 0.667. The standard InChI is InChI=1S/C9H14N2O5/c1-6(8(13)14)10(2)5-7(12)11-3-4-16-9(11)15/h6H,3-5H2,1-2H3,(H,13,14). The number of hydrogen-bond donors (Lipinski definition) is 1. The van der Waals surface area contributed by atoms with Gasteiger partial charge in [0.05, 0.1) is 13.1 Å². The Kier molecular flexibility index (Phi) is 3.83. The van der Waals surface area contributed by atoms with Crippen molar-refractivity contribution >= 4 is 18.0 Å². The van der Waals surface area contributed by atoms with Gasteiger partial charge in [-0.15, -0.1) is 0 Å². The zero-order valence-corrected chi connectivity index (χ0v) is 9.17. The van der Waals surface area contributed by atoms with Crippen LogP contribution in [0.25, 0.3) is 0 Å². The van der Waals surface area contributed by atoms with E-state index < -0.39 is 24.0 Å². The summed E-state index contributed by atoms with van der Waals surface area (Å²) in [5.41, 5.74) is 0. The van der Waals surface area contributed by atoms with Crippen LogP contribution in [0, 0.1) is 0 Å². The van der Waals surface area contributed by atoms with Crippen LogP contribution in [0.5, 0.6) is 0 Å². The second-order valence-electron chi connectivity index (χ2n) is 3.59. The van der Waals surface area contributed by atoms with E-state index in [1.54, 1.807) is 0 Å². The van der Waals surface area contributed by atoms with Crippen LogP contribution in [0.4, 0.5) is 4.79 Å². The summed E-state index contributed by atoms with van der Waals surface area (Å²) in [5, 5.41) is 8.72. The second-order valence-corrected chi connectivity index (χ2v) is 3.59. The molecule has 1 rings (SSSR count). The van der Waals surface area contributed by atoms with E-state index in [-0.39, 0.29) is 19.7 Å². The zero-order valence-electron chi connectivity index (χ0n) is 9.17. The van der Waals surface area contributed by atoms with Gasteiger partial charge in [-0.2, -0.15) is 0 Å². The molecule has 0 aromatic carbocycles. The molecule has 1 aliphatic heterocycles. The van der Waals surface area contributed by atoms with Gasteiger partial charge in [-0.3, -0.25) is 14.5 Å². The molecular weight excluding hydrogens is 216 g/mol. The number of hydrogen-bond acceptors (Lipinski definition) is 5. The molecule has 0 aromatic heterocycles. The van der Waals surface area contributed by atoms with Crippen molar-refractivity contribution in [3.05, 3.63) is 0 Å². The summed E-state index contributed by atoms with van der Waals surface area (Å²) in [6.07, 6.45) is -0.665. The van der Waals surface area contributed by atoms with Crippen LogP contribution >= 0.6 is 0 Å². The van der Waals surface area contributed by atoms with Crippen molar-refractivity contribution in [3.63, 3.8) is 0 Å². The number of aliphatic carboxylic acids is 1. The number of carbonyl (C=O) groups is 3. The average molecular weight is 230 g/mol. The Balaban J connectivity index is 2.51. The lowest BCUT2D eigenvalue weighted by Crippen LogP contribution is -2.44. The van der Waals surface area contributed by atoms with Crippen LogP contribution in [0.1, 0.15) is 6.92 Å². The highest BCUT2D eigenvalue weighted by Crippen LogP contribution is 2.05. The largest absolute Gasteiger partial charge is 0.480 e. The number of nitrogens with zero attached hydrogens (tertiary/aromatic N) is 2. The van der Waals surface area contributed by atoms with Crippen molar-refractivity contribution in [1.29, 1.82) is 0 Å². The van der Waals surface area contributed by atoms with Gasteiger partial charge in [0.1, 0.15) is 12.6 Å². The molecule has 7 nitrogen and oxygen atoms in total. The molecule has 1 N–H and O–H groups in total. The summed E-state index contributed by atoms with van der Waals surface area (Å²) < 4.78 is 4.61. The number of ether oxygens (including phenoxy) is 1. The van der Waals surface area contributed by atoms with Gasteiger partial charge in [-0.05, 0) is 14.0 Å². The minimum Gasteiger partial charge on any atom is -0.480 e. The Hall–Kier alpha value is -1.63. The molecule has 2 amide bonds. The van der Waals surface area contributed by atoms with Gasteiger partial charge in [-0.1, -0.05) is 0 Å². The molecule has 0 radical (unpaired) electrons. The molecule has 0 spiro atoms. The highest BCUT2D eigenvalue weighted by atomic mass is 16.6. The van der Waals surface area contributed by atoms with Crippen molar-refractivity contribution in [2.75, 3.05) is 26.7 Å². The molecule has 16 heavy (non-hydrogen) atoms. The van der Waals surface area contributed by atoms with E-state index in [1.807, 2.05) is 0 Å². The van der Waals surface area contributed by atoms with Crippen LogP contribution in [0.2, 0.25) is 0 Å². The fourth-order valence-corrected chi connectivity index (χ4v) is 1.24. The number of carboxylic acids is 1. The maximum Gasteiger partial charge on any atom is 0.416 e. The molecule has 1 saturated heterocycles. The van der Waals surface area contributed by atoms with Crippen LogP contribution in [0.15, 0.2) is 0 Å². The molecule has 0 saturated carbocycles. The number of carbonyl (C=O) groups excluding carboxylic acids is 2. The molecule has 1 atom stereocenters. The molecule has 1 aliphatic rings. The van der Waals surface area contributed by atoms with Gasteiger partial charge in [0.15, 0.2) is 0 Å². The van der Waals surface area contributed by atoms with Crippen LogP contribution in [0.3, 0.4) is 0 Å². The number of carboxylic acid groups (broad SMARTS) is 1. The lowest BCUT2D eigenvalue weighted by Gasteiger charge is -2.21. The van der Waals surface area contributed by atoms with E-state index in [9.17, 15) is 14.4 Å². The minimum absolute atomic E-state index is 0.122. The maximum absolute atomic E-state index is 11.6. The lowest BCUT2D eigenvalue weighted by molar-refractivity contribution is -0.143. The number of likely N-dealkylation sites (N-methyl/N-ethyl adjacent to an activating group) is 1. The second kappa shape index (κ2) is 4.93. The Bertz CT molecular complexity index is 317. The van der Waals surface area contributed by atoms with E-state index in [2.05, 4.69) is 4.74 Å². The Morgan fingerprint density at radius 2 is 2.25 bits per heavy atom. The van der Waals surface area contributed by atoms with Gasteiger partial charge < -0.3 is 9.84 Å². The molecule has 1 fully saturated rings. The number of imide groups is 1.